The number of rotatable bonds is 7. The predicted molar refractivity (Wildman–Crippen MR) is 80.8 cm³/mol. The van der Waals surface area contributed by atoms with E-state index in [4.69, 9.17) is 0 Å². The van der Waals surface area contributed by atoms with E-state index in [0.29, 0.717) is 0 Å². The second kappa shape index (κ2) is 7.68. The molecular formula is C15H31NS. The summed E-state index contributed by atoms with van der Waals surface area (Å²) in [5.74, 6) is 4.53. The van der Waals surface area contributed by atoms with Crippen molar-refractivity contribution in [2.75, 3.05) is 18.1 Å². The fourth-order valence-electron chi connectivity index (χ4n) is 2.75. The molecule has 17 heavy (non-hydrogen) atoms. The van der Waals surface area contributed by atoms with Gasteiger partial charge in [0.1, 0.15) is 0 Å². The van der Waals surface area contributed by atoms with Crippen LogP contribution in [0.25, 0.3) is 0 Å². The van der Waals surface area contributed by atoms with E-state index in [0.717, 1.165) is 11.8 Å². The average Bonchev–Trinajstić information content (AvgIpc) is 2.75. The smallest absolute Gasteiger partial charge is 0.00966 e. The van der Waals surface area contributed by atoms with Gasteiger partial charge in [-0.05, 0) is 57.1 Å². The molecule has 1 unspecified atom stereocenters. The minimum Gasteiger partial charge on any atom is -0.312 e. The first kappa shape index (κ1) is 15.4. The van der Waals surface area contributed by atoms with E-state index in [2.05, 4.69) is 44.8 Å². The number of thioether (sulfide) groups is 1. The van der Waals surface area contributed by atoms with Gasteiger partial charge in [-0.2, -0.15) is 11.8 Å². The van der Waals surface area contributed by atoms with Gasteiger partial charge in [0.2, 0.25) is 0 Å². The normalized spacial score (nSPS) is 19.8. The van der Waals surface area contributed by atoms with E-state index in [1.165, 1.54) is 50.2 Å². The van der Waals surface area contributed by atoms with Crippen LogP contribution in [0.3, 0.4) is 0 Å². The average molecular weight is 257 g/mol. The maximum absolute atomic E-state index is 3.72. The first-order valence-corrected chi connectivity index (χ1v) is 8.51. The van der Waals surface area contributed by atoms with Crippen molar-refractivity contribution in [2.45, 2.75) is 65.3 Å². The zero-order valence-electron chi connectivity index (χ0n) is 12.2. The monoisotopic (exact) mass is 257 g/mol. The number of nitrogens with one attached hydrogen (secondary N) is 1. The van der Waals surface area contributed by atoms with Crippen LogP contribution in [0.1, 0.15) is 59.8 Å². The topological polar surface area (TPSA) is 12.0 Å². The molecule has 1 aliphatic carbocycles. The van der Waals surface area contributed by atoms with Crippen molar-refractivity contribution in [2.24, 2.45) is 11.8 Å². The lowest BCUT2D eigenvalue weighted by molar-refractivity contribution is 0.283. The Hall–Kier alpha value is 0.310. The van der Waals surface area contributed by atoms with Crippen LogP contribution in [-0.2, 0) is 0 Å². The summed E-state index contributed by atoms with van der Waals surface area (Å²) in [4.78, 5) is 0. The first-order valence-electron chi connectivity index (χ1n) is 7.35. The largest absolute Gasteiger partial charge is 0.312 e. The molecule has 0 aliphatic heterocycles. The highest BCUT2D eigenvalue weighted by Gasteiger charge is 2.25. The zero-order chi connectivity index (χ0) is 12.7. The molecule has 1 N–H and O–H groups in total. The van der Waals surface area contributed by atoms with Crippen molar-refractivity contribution >= 4 is 11.8 Å². The van der Waals surface area contributed by atoms with Crippen LogP contribution in [-0.4, -0.2) is 23.6 Å². The zero-order valence-corrected chi connectivity index (χ0v) is 13.0. The molecule has 0 bridgehead atoms. The molecule has 1 nitrogen and oxygen atoms in total. The van der Waals surface area contributed by atoms with Crippen molar-refractivity contribution < 1.29 is 0 Å². The van der Waals surface area contributed by atoms with Gasteiger partial charge < -0.3 is 5.32 Å². The van der Waals surface area contributed by atoms with E-state index >= 15 is 0 Å². The Labute approximate surface area is 113 Å². The molecule has 0 heterocycles. The Morgan fingerprint density at radius 1 is 1.24 bits per heavy atom. The summed E-state index contributed by atoms with van der Waals surface area (Å²) in [7, 11) is 0. The fourth-order valence-corrected chi connectivity index (χ4v) is 3.51. The molecule has 0 radical (unpaired) electrons. The fraction of sp³-hybridized carbons (Fsp3) is 1.00. The predicted octanol–water partition coefficient (Wildman–Crippen LogP) is 4.32. The maximum atomic E-state index is 3.72. The van der Waals surface area contributed by atoms with Crippen LogP contribution < -0.4 is 5.32 Å². The summed E-state index contributed by atoms with van der Waals surface area (Å²) in [6.45, 7) is 10.3. The third-order valence-electron chi connectivity index (χ3n) is 3.80. The van der Waals surface area contributed by atoms with Gasteiger partial charge >= 0.3 is 0 Å². The van der Waals surface area contributed by atoms with Gasteiger partial charge in [0.15, 0.2) is 0 Å². The van der Waals surface area contributed by atoms with E-state index in [-0.39, 0.29) is 5.54 Å². The summed E-state index contributed by atoms with van der Waals surface area (Å²) >= 11 is 2.10. The summed E-state index contributed by atoms with van der Waals surface area (Å²) < 4.78 is 0. The van der Waals surface area contributed by atoms with Crippen LogP contribution in [0.5, 0.6) is 0 Å². The molecule has 1 atom stereocenters. The van der Waals surface area contributed by atoms with Crippen LogP contribution in [0.4, 0.5) is 0 Å². The Balaban J connectivity index is 2.35. The lowest BCUT2D eigenvalue weighted by atomic mass is 9.88. The van der Waals surface area contributed by atoms with Crippen molar-refractivity contribution in [1.29, 1.82) is 0 Å². The Kier molecular flexibility index (Phi) is 6.94. The lowest BCUT2D eigenvalue weighted by Crippen LogP contribution is -2.40. The summed E-state index contributed by atoms with van der Waals surface area (Å²) in [5, 5.41) is 3.72. The van der Waals surface area contributed by atoms with Gasteiger partial charge in [-0.15, -0.1) is 0 Å². The van der Waals surface area contributed by atoms with E-state index < -0.39 is 0 Å². The van der Waals surface area contributed by atoms with Gasteiger partial charge in [-0.3, -0.25) is 0 Å². The highest BCUT2D eigenvalue weighted by atomic mass is 32.2. The summed E-state index contributed by atoms with van der Waals surface area (Å²) in [6.07, 6.45) is 7.31. The molecule has 0 aromatic carbocycles. The van der Waals surface area contributed by atoms with Gasteiger partial charge in [-0.1, -0.05) is 32.6 Å². The maximum Gasteiger partial charge on any atom is 0.00966 e. The van der Waals surface area contributed by atoms with E-state index in [9.17, 15) is 0 Å². The number of hydrogen-bond acceptors (Lipinski definition) is 2. The third-order valence-corrected chi connectivity index (χ3v) is 4.73. The quantitative estimate of drug-likeness (QED) is 0.682. The molecule has 0 spiro atoms. The van der Waals surface area contributed by atoms with Gasteiger partial charge in [0, 0.05) is 5.54 Å². The van der Waals surface area contributed by atoms with Crippen LogP contribution >= 0.6 is 11.8 Å². The highest BCUT2D eigenvalue weighted by Crippen LogP contribution is 2.33. The minimum atomic E-state index is 0.273. The standard InChI is InChI=1S/C15H31NS/c1-5-17-11-10-14(12-16-15(2,3)4)13-8-6-7-9-13/h13-14,16H,5-12H2,1-4H3. The molecule has 1 saturated carbocycles. The van der Waals surface area contributed by atoms with Gasteiger partial charge in [-0.25, -0.2) is 0 Å². The van der Waals surface area contributed by atoms with Crippen LogP contribution in [0.15, 0.2) is 0 Å². The summed E-state index contributed by atoms with van der Waals surface area (Å²) in [5.41, 5.74) is 0.273. The second-order valence-corrected chi connectivity index (χ2v) is 7.81. The van der Waals surface area contributed by atoms with E-state index in [1.807, 2.05) is 0 Å². The van der Waals surface area contributed by atoms with Gasteiger partial charge in [0.05, 0.1) is 0 Å². The summed E-state index contributed by atoms with van der Waals surface area (Å²) in [6, 6.07) is 0. The molecule has 1 aliphatic rings. The molecule has 0 saturated heterocycles. The van der Waals surface area contributed by atoms with Crippen molar-refractivity contribution in [3.05, 3.63) is 0 Å². The van der Waals surface area contributed by atoms with Crippen molar-refractivity contribution in [3.8, 4) is 0 Å². The molecule has 102 valence electrons. The van der Waals surface area contributed by atoms with E-state index in [1.54, 1.807) is 0 Å². The molecule has 0 aromatic rings. The van der Waals surface area contributed by atoms with Crippen molar-refractivity contribution in [1.82, 2.24) is 5.32 Å². The number of hydrogen-bond donors (Lipinski definition) is 1. The van der Waals surface area contributed by atoms with Crippen molar-refractivity contribution in [3.63, 3.8) is 0 Å². The third kappa shape index (κ3) is 6.71. The Morgan fingerprint density at radius 3 is 2.41 bits per heavy atom. The van der Waals surface area contributed by atoms with Gasteiger partial charge in [0.25, 0.3) is 0 Å². The molecule has 2 heteroatoms. The SMILES string of the molecule is CCSCCC(CNC(C)(C)C)C1CCCC1. The van der Waals surface area contributed by atoms with Crippen LogP contribution in [0.2, 0.25) is 0 Å². The molecule has 1 rings (SSSR count). The lowest BCUT2D eigenvalue weighted by Gasteiger charge is -2.29. The first-order chi connectivity index (χ1) is 8.03. The second-order valence-electron chi connectivity index (χ2n) is 6.42. The molecule has 0 amide bonds. The minimum absolute atomic E-state index is 0.273. The van der Waals surface area contributed by atoms with Crippen LogP contribution in [0, 0.1) is 11.8 Å². The Morgan fingerprint density at radius 2 is 1.88 bits per heavy atom. The molecule has 0 aromatic heterocycles. The molecule has 1 fully saturated rings. The molecular weight excluding hydrogens is 226 g/mol. The highest BCUT2D eigenvalue weighted by molar-refractivity contribution is 7.99. The Bertz CT molecular complexity index is 192.